The average molecular weight is 209 g/mol. The van der Waals surface area contributed by atoms with Gasteiger partial charge in [0, 0.05) is 0 Å². The van der Waals surface area contributed by atoms with Crippen molar-refractivity contribution < 1.29 is 14.3 Å². The van der Waals surface area contributed by atoms with Gasteiger partial charge in [0.05, 0.1) is 25.0 Å². The number of amides is 1. The predicted molar refractivity (Wildman–Crippen MR) is 54.5 cm³/mol. The van der Waals surface area contributed by atoms with E-state index in [-0.39, 0.29) is 5.91 Å². The maximum Gasteiger partial charge on any atom is 0.289 e. The minimum atomic E-state index is -0.670. The molecule has 1 aliphatic rings. The van der Waals surface area contributed by atoms with E-state index in [1.165, 1.54) is 6.26 Å². The Balaban J connectivity index is 1.92. The molecule has 0 spiro atoms. The first-order valence-electron chi connectivity index (χ1n) is 5.20. The van der Waals surface area contributed by atoms with Crippen molar-refractivity contribution in [1.82, 2.24) is 4.90 Å². The summed E-state index contributed by atoms with van der Waals surface area (Å²) in [6, 6.07) is 3.32. The van der Waals surface area contributed by atoms with Crippen molar-refractivity contribution in [3.63, 3.8) is 0 Å². The highest BCUT2D eigenvalue weighted by atomic mass is 16.3. The molecule has 82 valence electrons. The first-order chi connectivity index (χ1) is 7.14. The Hall–Kier alpha value is -1.29. The zero-order valence-corrected chi connectivity index (χ0v) is 8.77. The van der Waals surface area contributed by atoms with Crippen molar-refractivity contribution in [1.29, 1.82) is 0 Å². The molecule has 0 saturated carbocycles. The first-order valence-corrected chi connectivity index (χ1v) is 5.20. The van der Waals surface area contributed by atoms with Gasteiger partial charge < -0.3 is 14.4 Å². The summed E-state index contributed by atoms with van der Waals surface area (Å²) >= 11 is 0. The molecule has 0 aromatic carbocycles. The number of rotatable bonds is 3. The van der Waals surface area contributed by atoms with Crippen LogP contribution in [0.1, 0.15) is 30.3 Å². The Kier molecular flexibility index (Phi) is 2.52. The highest BCUT2D eigenvalue weighted by Crippen LogP contribution is 2.27. The Morgan fingerprint density at radius 3 is 2.93 bits per heavy atom. The number of β-amino-alcohol motifs (C(OH)–C–C–N with tert-alkyl or cyclic N) is 1. The van der Waals surface area contributed by atoms with E-state index in [0.717, 1.165) is 12.8 Å². The second-order valence-corrected chi connectivity index (χ2v) is 4.11. The number of nitrogens with zero attached hydrogens (tertiary/aromatic N) is 1. The SMILES string of the molecule is CCCC1(O)CN(C(=O)c2ccco2)C1. The lowest BCUT2D eigenvalue weighted by atomic mass is 9.89. The lowest BCUT2D eigenvalue weighted by Gasteiger charge is -2.46. The molecular weight excluding hydrogens is 194 g/mol. The van der Waals surface area contributed by atoms with Gasteiger partial charge in [0.25, 0.3) is 5.91 Å². The van der Waals surface area contributed by atoms with Gasteiger partial charge in [-0.3, -0.25) is 4.79 Å². The number of hydrogen-bond donors (Lipinski definition) is 1. The normalized spacial score (nSPS) is 18.7. The van der Waals surface area contributed by atoms with E-state index in [1.54, 1.807) is 17.0 Å². The van der Waals surface area contributed by atoms with Crippen molar-refractivity contribution in [2.75, 3.05) is 13.1 Å². The van der Waals surface area contributed by atoms with Crippen LogP contribution >= 0.6 is 0 Å². The lowest BCUT2D eigenvalue weighted by molar-refractivity contribution is -0.0867. The van der Waals surface area contributed by atoms with Crippen molar-refractivity contribution in [3.8, 4) is 0 Å². The molecule has 2 rings (SSSR count). The summed E-state index contributed by atoms with van der Waals surface area (Å²) in [4.78, 5) is 13.3. The van der Waals surface area contributed by atoms with Crippen LogP contribution in [-0.2, 0) is 0 Å². The Morgan fingerprint density at radius 2 is 2.40 bits per heavy atom. The molecular formula is C11H15NO3. The van der Waals surface area contributed by atoms with E-state index in [1.807, 2.05) is 6.92 Å². The van der Waals surface area contributed by atoms with E-state index in [0.29, 0.717) is 18.8 Å². The van der Waals surface area contributed by atoms with Crippen LogP contribution in [-0.4, -0.2) is 34.6 Å². The molecule has 1 fully saturated rings. The summed E-state index contributed by atoms with van der Waals surface area (Å²) in [6.45, 7) is 2.86. The van der Waals surface area contributed by atoms with Crippen molar-refractivity contribution in [2.45, 2.75) is 25.4 Å². The highest BCUT2D eigenvalue weighted by molar-refractivity contribution is 5.92. The molecule has 1 aromatic heterocycles. The van der Waals surface area contributed by atoms with Crippen LogP contribution < -0.4 is 0 Å². The maximum atomic E-state index is 11.7. The minimum absolute atomic E-state index is 0.138. The summed E-state index contributed by atoms with van der Waals surface area (Å²) < 4.78 is 5.01. The molecule has 15 heavy (non-hydrogen) atoms. The van der Waals surface area contributed by atoms with Crippen LogP contribution in [0.2, 0.25) is 0 Å². The maximum absolute atomic E-state index is 11.7. The highest BCUT2D eigenvalue weighted by Gasteiger charge is 2.43. The van der Waals surface area contributed by atoms with Gasteiger partial charge in [0.1, 0.15) is 0 Å². The molecule has 0 radical (unpaired) electrons. The molecule has 1 amide bonds. The second kappa shape index (κ2) is 3.70. The van der Waals surface area contributed by atoms with E-state index in [2.05, 4.69) is 0 Å². The van der Waals surface area contributed by atoms with E-state index in [4.69, 9.17) is 4.42 Å². The zero-order valence-electron chi connectivity index (χ0n) is 8.77. The standard InChI is InChI=1S/C11H15NO3/c1-2-5-11(14)7-12(8-11)10(13)9-4-3-6-15-9/h3-4,6,14H,2,5,7-8H2,1H3. The van der Waals surface area contributed by atoms with Gasteiger partial charge in [-0.2, -0.15) is 0 Å². The van der Waals surface area contributed by atoms with Crippen LogP contribution in [0.3, 0.4) is 0 Å². The molecule has 4 heteroatoms. The number of furan rings is 1. The predicted octanol–water partition coefficient (Wildman–Crippen LogP) is 1.27. The summed E-state index contributed by atoms with van der Waals surface area (Å²) in [5, 5.41) is 9.90. The average Bonchev–Trinajstić information content (AvgIpc) is 2.66. The summed E-state index contributed by atoms with van der Waals surface area (Å²) in [5.41, 5.74) is -0.670. The van der Waals surface area contributed by atoms with Crippen molar-refractivity contribution in [2.24, 2.45) is 0 Å². The number of likely N-dealkylation sites (tertiary alicyclic amines) is 1. The van der Waals surface area contributed by atoms with Gasteiger partial charge in [-0.25, -0.2) is 0 Å². The third kappa shape index (κ3) is 1.90. The quantitative estimate of drug-likeness (QED) is 0.815. The summed E-state index contributed by atoms with van der Waals surface area (Å²) in [5.74, 6) is 0.203. The van der Waals surface area contributed by atoms with Gasteiger partial charge in [-0.1, -0.05) is 13.3 Å². The molecule has 0 unspecified atom stereocenters. The molecule has 1 N–H and O–H groups in total. The first kappa shape index (κ1) is 10.2. The fraction of sp³-hybridized carbons (Fsp3) is 0.545. The largest absolute Gasteiger partial charge is 0.459 e. The van der Waals surface area contributed by atoms with Gasteiger partial charge in [-0.05, 0) is 18.6 Å². The zero-order chi connectivity index (χ0) is 10.9. The Bertz CT molecular complexity index is 339. The fourth-order valence-electron chi connectivity index (χ4n) is 1.99. The van der Waals surface area contributed by atoms with Crippen molar-refractivity contribution >= 4 is 5.91 Å². The fourth-order valence-corrected chi connectivity index (χ4v) is 1.99. The molecule has 0 atom stereocenters. The molecule has 0 aliphatic carbocycles. The monoisotopic (exact) mass is 209 g/mol. The van der Waals surface area contributed by atoms with E-state index >= 15 is 0 Å². The van der Waals surface area contributed by atoms with Gasteiger partial charge in [0.2, 0.25) is 0 Å². The summed E-state index contributed by atoms with van der Waals surface area (Å²) in [7, 11) is 0. The van der Waals surface area contributed by atoms with Crippen LogP contribution in [0.25, 0.3) is 0 Å². The molecule has 2 heterocycles. The number of carbonyl (C=O) groups is 1. The minimum Gasteiger partial charge on any atom is -0.459 e. The number of hydrogen-bond acceptors (Lipinski definition) is 3. The Morgan fingerprint density at radius 1 is 1.67 bits per heavy atom. The third-order valence-electron chi connectivity index (χ3n) is 2.70. The summed E-state index contributed by atoms with van der Waals surface area (Å²) in [6.07, 6.45) is 3.15. The number of carbonyl (C=O) groups excluding carboxylic acids is 1. The Labute approximate surface area is 88.5 Å². The van der Waals surface area contributed by atoms with E-state index < -0.39 is 5.60 Å². The van der Waals surface area contributed by atoms with Crippen LogP contribution in [0.4, 0.5) is 0 Å². The van der Waals surface area contributed by atoms with Crippen LogP contribution in [0.15, 0.2) is 22.8 Å². The molecule has 1 saturated heterocycles. The number of aliphatic hydroxyl groups is 1. The van der Waals surface area contributed by atoms with Gasteiger partial charge >= 0.3 is 0 Å². The topological polar surface area (TPSA) is 53.7 Å². The molecule has 1 aromatic rings. The second-order valence-electron chi connectivity index (χ2n) is 4.11. The van der Waals surface area contributed by atoms with Gasteiger partial charge in [-0.15, -0.1) is 0 Å². The molecule has 0 bridgehead atoms. The molecule has 1 aliphatic heterocycles. The van der Waals surface area contributed by atoms with Gasteiger partial charge in [0.15, 0.2) is 5.76 Å². The molecule has 4 nitrogen and oxygen atoms in total. The van der Waals surface area contributed by atoms with Crippen LogP contribution in [0.5, 0.6) is 0 Å². The third-order valence-corrected chi connectivity index (χ3v) is 2.70. The smallest absolute Gasteiger partial charge is 0.289 e. The lowest BCUT2D eigenvalue weighted by Crippen LogP contribution is -2.63. The van der Waals surface area contributed by atoms with E-state index in [9.17, 15) is 9.90 Å². The van der Waals surface area contributed by atoms with Crippen molar-refractivity contribution in [3.05, 3.63) is 24.2 Å². The van der Waals surface area contributed by atoms with Crippen LogP contribution in [0, 0.1) is 0 Å².